The molecule has 0 spiro atoms. The highest BCUT2D eigenvalue weighted by Gasteiger charge is 2.40. The van der Waals surface area contributed by atoms with E-state index in [1.54, 1.807) is 24.4 Å². The van der Waals surface area contributed by atoms with E-state index in [0.717, 1.165) is 22.4 Å². The summed E-state index contributed by atoms with van der Waals surface area (Å²) in [6.45, 7) is 3.24. The summed E-state index contributed by atoms with van der Waals surface area (Å²) >= 11 is 0. The van der Waals surface area contributed by atoms with Gasteiger partial charge >= 0.3 is 0 Å². The number of likely N-dealkylation sites (tertiary alicyclic amines) is 1. The molecule has 4 rings (SSSR count). The highest BCUT2D eigenvalue weighted by Crippen LogP contribution is 2.35. The number of carbonyl (C=O) groups is 2. The van der Waals surface area contributed by atoms with E-state index in [1.807, 2.05) is 67.6 Å². The van der Waals surface area contributed by atoms with Crippen molar-refractivity contribution in [1.29, 1.82) is 0 Å². The second kappa shape index (κ2) is 9.64. The second-order valence-corrected chi connectivity index (χ2v) is 8.08. The van der Waals surface area contributed by atoms with Gasteiger partial charge in [0.25, 0.3) is 5.91 Å². The molecule has 0 bridgehead atoms. The predicted octanol–water partition coefficient (Wildman–Crippen LogP) is 3.57. The van der Waals surface area contributed by atoms with E-state index in [4.69, 9.17) is 4.74 Å². The van der Waals surface area contributed by atoms with Gasteiger partial charge in [-0.1, -0.05) is 30.3 Å². The molecule has 1 saturated heterocycles. The zero-order valence-electron chi connectivity index (χ0n) is 18.3. The first-order chi connectivity index (χ1) is 15.6. The van der Waals surface area contributed by atoms with Gasteiger partial charge in [0.05, 0.1) is 13.0 Å². The minimum Gasteiger partial charge on any atom is -0.497 e. The number of amides is 2. The van der Waals surface area contributed by atoms with Crippen molar-refractivity contribution in [3.63, 3.8) is 0 Å². The van der Waals surface area contributed by atoms with Crippen molar-refractivity contribution in [2.24, 2.45) is 5.92 Å². The Hall–Kier alpha value is -3.67. The molecule has 1 N–H and O–H groups in total. The van der Waals surface area contributed by atoms with Gasteiger partial charge in [-0.2, -0.15) is 0 Å². The second-order valence-electron chi connectivity index (χ2n) is 8.08. The maximum Gasteiger partial charge on any atom is 0.254 e. The lowest BCUT2D eigenvalue weighted by Crippen LogP contribution is -2.35. The molecule has 6 heteroatoms. The zero-order valence-corrected chi connectivity index (χ0v) is 18.3. The van der Waals surface area contributed by atoms with E-state index in [-0.39, 0.29) is 23.7 Å². The monoisotopic (exact) mass is 429 g/mol. The number of nitrogens with one attached hydrogen (secondary N) is 1. The average Bonchev–Trinajstić information content (AvgIpc) is 3.29. The molecule has 2 aromatic carbocycles. The average molecular weight is 430 g/mol. The summed E-state index contributed by atoms with van der Waals surface area (Å²) in [6, 6.07) is 19.1. The van der Waals surface area contributed by atoms with Crippen LogP contribution in [0.15, 0.2) is 73.1 Å². The van der Waals surface area contributed by atoms with Crippen LogP contribution in [-0.2, 0) is 11.3 Å². The molecule has 1 aliphatic heterocycles. The summed E-state index contributed by atoms with van der Waals surface area (Å²) in [4.78, 5) is 32.3. The molecule has 0 aliphatic carbocycles. The topological polar surface area (TPSA) is 71.5 Å². The lowest BCUT2D eigenvalue weighted by Gasteiger charge is -2.18. The molecule has 1 aliphatic rings. The first-order valence-electron chi connectivity index (χ1n) is 10.7. The highest BCUT2D eigenvalue weighted by atomic mass is 16.5. The van der Waals surface area contributed by atoms with Gasteiger partial charge in [0.2, 0.25) is 5.91 Å². The van der Waals surface area contributed by atoms with Crippen molar-refractivity contribution in [3.8, 4) is 5.75 Å². The standard InChI is InChI=1S/C26H27N3O3/c1-18-5-3-4-6-22(18)26(31)29-16-23(20-7-9-21(32-2)10-8-20)24(17-29)25(30)28-15-19-11-13-27-14-12-19/h3-14,23-24H,15-17H2,1-2H3,(H,28,30). The Morgan fingerprint density at radius 3 is 2.44 bits per heavy atom. The van der Waals surface area contributed by atoms with Crippen molar-refractivity contribution in [2.75, 3.05) is 20.2 Å². The number of methoxy groups -OCH3 is 1. The molecule has 1 aromatic heterocycles. The third-order valence-corrected chi connectivity index (χ3v) is 6.08. The van der Waals surface area contributed by atoms with E-state index >= 15 is 0 Å². The van der Waals surface area contributed by atoms with Crippen LogP contribution in [0.4, 0.5) is 0 Å². The number of hydrogen-bond donors (Lipinski definition) is 1. The van der Waals surface area contributed by atoms with Crippen LogP contribution in [0.25, 0.3) is 0 Å². The SMILES string of the molecule is COc1ccc(C2CN(C(=O)c3ccccc3C)CC2C(=O)NCc2ccncc2)cc1. The van der Waals surface area contributed by atoms with E-state index < -0.39 is 0 Å². The molecule has 6 nitrogen and oxygen atoms in total. The van der Waals surface area contributed by atoms with Crippen LogP contribution in [0.2, 0.25) is 0 Å². The van der Waals surface area contributed by atoms with Crippen molar-refractivity contribution in [1.82, 2.24) is 15.2 Å². The van der Waals surface area contributed by atoms with E-state index in [2.05, 4.69) is 10.3 Å². The number of hydrogen-bond acceptors (Lipinski definition) is 4. The molecular formula is C26H27N3O3. The minimum atomic E-state index is -0.335. The number of benzene rings is 2. The van der Waals surface area contributed by atoms with Crippen molar-refractivity contribution >= 4 is 11.8 Å². The fourth-order valence-corrected chi connectivity index (χ4v) is 4.23. The molecule has 1 fully saturated rings. The molecule has 2 amide bonds. The number of carbonyl (C=O) groups excluding carboxylic acids is 2. The van der Waals surface area contributed by atoms with Gasteiger partial charge in [0.1, 0.15) is 5.75 Å². The van der Waals surface area contributed by atoms with E-state index in [0.29, 0.717) is 25.2 Å². The molecule has 2 atom stereocenters. The Morgan fingerprint density at radius 1 is 1.03 bits per heavy atom. The summed E-state index contributed by atoms with van der Waals surface area (Å²) in [7, 11) is 1.63. The first kappa shape index (κ1) is 21.6. The van der Waals surface area contributed by atoms with E-state index in [9.17, 15) is 9.59 Å². The van der Waals surface area contributed by atoms with Gasteiger partial charge in [0, 0.05) is 43.5 Å². The van der Waals surface area contributed by atoms with Crippen molar-refractivity contribution < 1.29 is 14.3 Å². The Bertz CT molecular complexity index is 1080. The third kappa shape index (κ3) is 4.64. The van der Waals surface area contributed by atoms with Crippen LogP contribution < -0.4 is 10.1 Å². The van der Waals surface area contributed by atoms with Crippen LogP contribution in [-0.4, -0.2) is 41.9 Å². The smallest absolute Gasteiger partial charge is 0.254 e. The lowest BCUT2D eigenvalue weighted by molar-refractivity contribution is -0.125. The molecule has 32 heavy (non-hydrogen) atoms. The summed E-state index contributed by atoms with van der Waals surface area (Å²) < 4.78 is 5.28. The predicted molar refractivity (Wildman–Crippen MR) is 122 cm³/mol. The first-order valence-corrected chi connectivity index (χ1v) is 10.7. The van der Waals surface area contributed by atoms with Gasteiger partial charge in [-0.15, -0.1) is 0 Å². The third-order valence-electron chi connectivity index (χ3n) is 6.08. The molecule has 2 heterocycles. The van der Waals surface area contributed by atoms with Gasteiger partial charge in [0.15, 0.2) is 0 Å². The van der Waals surface area contributed by atoms with Crippen LogP contribution in [0.1, 0.15) is 33.0 Å². The summed E-state index contributed by atoms with van der Waals surface area (Å²) in [5.41, 5.74) is 3.62. The molecule has 164 valence electrons. The Labute approximate surface area is 188 Å². The fraction of sp³-hybridized carbons (Fsp3) is 0.269. The number of pyridine rings is 1. The van der Waals surface area contributed by atoms with Crippen LogP contribution >= 0.6 is 0 Å². The van der Waals surface area contributed by atoms with Crippen LogP contribution in [0.3, 0.4) is 0 Å². The Balaban J connectivity index is 1.56. The molecule has 3 aromatic rings. The summed E-state index contributed by atoms with van der Waals surface area (Å²) in [5.74, 6) is 0.247. The highest BCUT2D eigenvalue weighted by molar-refractivity contribution is 5.96. The molecular weight excluding hydrogens is 402 g/mol. The maximum absolute atomic E-state index is 13.3. The van der Waals surface area contributed by atoms with Crippen molar-refractivity contribution in [2.45, 2.75) is 19.4 Å². The van der Waals surface area contributed by atoms with Crippen LogP contribution in [0.5, 0.6) is 5.75 Å². The van der Waals surface area contributed by atoms with Crippen LogP contribution in [0, 0.1) is 12.8 Å². The lowest BCUT2D eigenvalue weighted by atomic mass is 9.88. The summed E-state index contributed by atoms with van der Waals surface area (Å²) in [5, 5.41) is 3.04. The largest absolute Gasteiger partial charge is 0.497 e. The van der Waals surface area contributed by atoms with Crippen molar-refractivity contribution in [3.05, 3.63) is 95.3 Å². The molecule has 0 radical (unpaired) electrons. The van der Waals surface area contributed by atoms with Gasteiger partial charge in [-0.3, -0.25) is 14.6 Å². The van der Waals surface area contributed by atoms with Gasteiger partial charge in [-0.25, -0.2) is 0 Å². The number of aromatic nitrogens is 1. The normalized spacial score (nSPS) is 17.8. The fourth-order valence-electron chi connectivity index (χ4n) is 4.23. The number of nitrogens with zero attached hydrogens (tertiary/aromatic N) is 2. The summed E-state index contributed by atoms with van der Waals surface area (Å²) in [6.07, 6.45) is 3.42. The quantitative estimate of drug-likeness (QED) is 0.650. The number of ether oxygens (including phenoxy) is 1. The van der Waals surface area contributed by atoms with E-state index in [1.165, 1.54) is 0 Å². The van der Waals surface area contributed by atoms with Gasteiger partial charge < -0.3 is 15.0 Å². The molecule has 0 saturated carbocycles. The minimum absolute atomic E-state index is 0.0361. The number of rotatable bonds is 6. The Kier molecular flexibility index (Phi) is 6.50. The maximum atomic E-state index is 13.3. The number of aryl methyl sites for hydroxylation is 1. The molecule has 2 unspecified atom stereocenters. The zero-order chi connectivity index (χ0) is 22.5. The van der Waals surface area contributed by atoms with Gasteiger partial charge in [-0.05, 0) is 53.9 Å². The Morgan fingerprint density at radius 2 is 1.75 bits per heavy atom.